The van der Waals surface area contributed by atoms with Crippen molar-refractivity contribution in [1.29, 1.82) is 0 Å². The standard InChI is InChI=1S/C18H31N3O/c1-7-9-10-14(3)21(16(22)11-18(4,5)6)17-19-12-15(8-2)13-20-17/h12-14H,7-11H2,1-6H3. The average Bonchev–Trinajstić information content (AvgIpc) is 2.44. The molecule has 0 N–H and O–H groups in total. The number of nitrogens with zero attached hydrogens (tertiary/aromatic N) is 3. The van der Waals surface area contributed by atoms with Gasteiger partial charge in [-0.05, 0) is 30.7 Å². The first-order valence-corrected chi connectivity index (χ1v) is 8.41. The first-order valence-electron chi connectivity index (χ1n) is 8.41. The number of carbonyl (C=O) groups is 1. The number of amides is 1. The number of unbranched alkanes of at least 4 members (excludes halogenated alkanes) is 1. The highest BCUT2D eigenvalue weighted by Gasteiger charge is 2.27. The quantitative estimate of drug-likeness (QED) is 0.750. The van der Waals surface area contributed by atoms with Gasteiger partial charge in [-0.1, -0.05) is 47.5 Å². The fraction of sp³-hybridized carbons (Fsp3) is 0.722. The monoisotopic (exact) mass is 305 g/mol. The van der Waals surface area contributed by atoms with E-state index < -0.39 is 0 Å². The van der Waals surface area contributed by atoms with Crippen LogP contribution in [0.5, 0.6) is 0 Å². The Labute approximate surface area is 135 Å². The van der Waals surface area contributed by atoms with Crippen LogP contribution in [0.2, 0.25) is 0 Å². The van der Waals surface area contributed by atoms with Crippen molar-refractivity contribution in [2.75, 3.05) is 4.90 Å². The van der Waals surface area contributed by atoms with Gasteiger partial charge in [-0.2, -0.15) is 0 Å². The summed E-state index contributed by atoms with van der Waals surface area (Å²) in [6.45, 7) is 12.6. The van der Waals surface area contributed by atoms with E-state index in [2.05, 4.69) is 51.5 Å². The van der Waals surface area contributed by atoms with Gasteiger partial charge in [-0.25, -0.2) is 9.97 Å². The van der Waals surface area contributed by atoms with Crippen molar-refractivity contribution in [2.45, 2.75) is 79.7 Å². The molecule has 1 aromatic rings. The maximum Gasteiger partial charge on any atom is 0.232 e. The summed E-state index contributed by atoms with van der Waals surface area (Å²) in [4.78, 5) is 23.4. The van der Waals surface area contributed by atoms with Gasteiger partial charge in [-0.15, -0.1) is 0 Å². The third-order valence-corrected chi connectivity index (χ3v) is 3.68. The van der Waals surface area contributed by atoms with Gasteiger partial charge in [0.2, 0.25) is 11.9 Å². The molecule has 0 fully saturated rings. The molecule has 1 amide bonds. The average molecular weight is 305 g/mol. The van der Waals surface area contributed by atoms with Crippen LogP contribution in [0.15, 0.2) is 12.4 Å². The first-order chi connectivity index (χ1) is 10.3. The van der Waals surface area contributed by atoms with Gasteiger partial charge in [0.1, 0.15) is 0 Å². The second kappa shape index (κ2) is 8.25. The number of anilines is 1. The molecule has 0 spiro atoms. The van der Waals surface area contributed by atoms with Crippen LogP contribution in [0, 0.1) is 5.41 Å². The number of hydrogen-bond donors (Lipinski definition) is 0. The summed E-state index contributed by atoms with van der Waals surface area (Å²) in [6.07, 6.45) is 8.27. The van der Waals surface area contributed by atoms with E-state index in [-0.39, 0.29) is 17.4 Å². The summed E-state index contributed by atoms with van der Waals surface area (Å²) in [5, 5.41) is 0. The topological polar surface area (TPSA) is 46.1 Å². The van der Waals surface area contributed by atoms with Gasteiger partial charge >= 0.3 is 0 Å². The first kappa shape index (κ1) is 18.6. The molecule has 0 radical (unpaired) electrons. The molecule has 0 aliphatic rings. The largest absolute Gasteiger partial charge is 0.278 e. The highest BCUT2D eigenvalue weighted by molar-refractivity contribution is 5.92. The maximum atomic E-state index is 12.8. The van der Waals surface area contributed by atoms with Gasteiger partial charge in [-0.3, -0.25) is 9.69 Å². The second-order valence-corrected chi connectivity index (χ2v) is 7.24. The highest BCUT2D eigenvalue weighted by Crippen LogP contribution is 2.24. The van der Waals surface area contributed by atoms with Crippen LogP contribution in [-0.2, 0) is 11.2 Å². The minimum absolute atomic E-state index is 0.0385. The van der Waals surface area contributed by atoms with Crippen molar-refractivity contribution in [3.8, 4) is 0 Å². The molecule has 0 saturated carbocycles. The Hall–Kier alpha value is -1.45. The molecule has 0 aromatic carbocycles. The summed E-state index contributed by atoms with van der Waals surface area (Å²) in [5.74, 6) is 0.649. The molecule has 1 unspecified atom stereocenters. The molecule has 4 heteroatoms. The lowest BCUT2D eigenvalue weighted by Crippen LogP contribution is -2.41. The van der Waals surface area contributed by atoms with Crippen molar-refractivity contribution in [1.82, 2.24) is 9.97 Å². The smallest absolute Gasteiger partial charge is 0.232 e. The van der Waals surface area contributed by atoms with Crippen LogP contribution in [-0.4, -0.2) is 21.9 Å². The van der Waals surface area contributed by atoms with Gasteiger partial charge < -0.3 is 0 Å². The van der Waals surface area contributed by atoms with Gasteiger partial charge in [0.15, 0.2) is 0 Å². The van der Waals surface area contributed by atoms with Gasteiger partial charge in [0.25, 0.3) is 0 Å². The summed E-state index contributed by atoms with van der Waals surface area (Å²) in [5.41, 5.74) is 1.05. The number of rotatable bonds is 7. The highest BCUT2D eigenvalue weighted by atomic mass is 16.2. The van der Waals surface area contributed by atoms with Crippen molar-refractivity contribution >= 4 is 11.9 Å². The Morgan fingerprint density at radius 1 is 1.23 bits per heavy atom. The van der Waals surface area contributed by atoms with E-state index in [0.29, 0.717) is 12.4 Å². The van der Waals surface area contributed by atoms with Crippen molar-refractivity contribution < 1.29 is 4.79 Å². The second-order valence-electron chi connectivity index (χ2n) is 7.24. The summed E-state index contributed by atoms with van der Waals surface area (Å²) >= 11 is 0. The zero-order valence-electron chi connectivity index (χ0n) is 15.0. The Bertz CT molecular complexity index is 462. The Balaban J connectivity index is 3.00. The van der Waals surface area contributed by atoms with E-state index in [1.807, 2.05) is 12.4 Å². The molecule has 0 aliphatic carbocycles. The number of aromatic nitrogens is 2. The van der Waals surface area contributed by atoms with Crippen molar-refractivity contribution in [2.24, 2.45) is 5.41 Å². The molecular formula is C18H31N3O. The predicted octanol–water partition coefficient (Wildman–Crippen LogP) is 4.39. The number of carbonyl (C=O) groups excluding carboxylic acids is 1. The molecule has 0 bridgehead atoms. The van der Waals surface area contributed by atoms with E-state index in [0.717, 1.165) is 31.2 Å². The van der Waals surface area contributed by atoms with Crippen LogP contribution in [0.25, 0.3) is 0 Å². The van der Waals surface area contributed by atoms with Crippen molar-refractivity contribution in [3.05, 3.63) is 18.0 Å². The number of hydrogen-bond acceptors (Lipinski definition) is 3. The van der Waals surface area contributed by atoms with E-state index in [1.54, 1.807) is 4.90 Å². The van der Waals surface area contributed by atoms with Crippen molar-refractivity contribution in [3.63, 3.8) is 0 Å². The fourth-order valence-electron chi connectivity index (χ4n) is 2.38. The molecule has 1 atom stereocenters. The third-order valence-electron chi connectivity index (χ3n) is 3.68. The minimum atomic E-state index is -0.0385. The third kappa shape index (κ3) is 5.74. The molecule has 0 aliphatic heterocycles. The van der Waals surface area contributed by atoms with E-state index >= 15 is 0 Å². The SMILES string of the molecule is CCCCC(C)N(C(=O)CC(C)(C)C)c1ncc(CC)cn1. The minimum Gasteiger partial charge on any atom is -0.278 e. The van der Waals surface area contributed by atoms with Crippen LogP contribution >= 0.6 is 0 Å². The van der Waals surface area contributed by atoms with Crippen LogP contribution in [0.3, 0.4) is 0 Å². The molecule has 1 aromatic heterocycles. The predicted molar refractivity (Wildman–Crippen MR) is 92.0 cm³/mol. The lowest BCUT2D eigenvalue weighted by atomic mass is 9.91. The molecule has 1 rings (SSSR count). The Kier molecular flexibility index (Phi) is 6.98. The number of aryl methyl sites for hydroxylation is 1. The molecule has 1 heterocycles. The Morgan fingerprint density at radius 3 is 2.27 bits per heavy atom. The van der Waals surface area contributed by atoms with Gasteiger partial charge in [0.05, 0.1) is 0 Å². The molecule has 4 nitrogen and oxygen atoms in total. The lowest BCUT2D eigenvalue weighted by molar-refractivity contribution is -0.120. The van der Waals surface area contributed by atoms with E-state index in [9.17, 15) is 4.79 Å². The van der Waals surface area contributed by atoms with E-state index in [1.165, 1.54) is 0 Å². The molecule has 0 saturated heterocycles. The van der Waals surface area contributed by atoms with E-state index in [4.69, 9.17) is 0 Å². The molecular weight excluding hydrogens is 274 g/mol. The summed E-state index contributed by atoms with van der Waals surface area (Å²) < 4.78 is 0. The van der Waals surface area contributed by atoms with Gasteiger partial charge in [0, 0.05) is 24.9 Å². The maximum absolute atomic E-state index is 12.8. The fourth-order valence-corrected chi connectivity index (χ4v) is 2.38. The summed E-state index contributed by atoms with van der Waals surface area (Å²) in [6, 6.07) is 0.127. The summed E-state index contributed by atoms with van der Waals surface area (Å²) in [7, 11) is 0. The van der Waals surface area contributed by atoms with Crippen LogP contribution in [0.1, 0.15) is 72.8 Å². The molecule has 22 heavy (non-hydrogen) atoms. The molecule has 124 valence electrons. The normalized spacial score (nSPS) is 13.0. The zero-order chi connectivity index (χ0) is 16.8. The lowest BCUT2D eigenvalue weighted by Gasteiger charge is -2.30. The van der Waals surface area contributed by atoms with Crippen LogP contribution in [0.4, 0.5) is 5.95 Å². The Morgan fingerprint density at radius 2 is 1.82 bits per heavy atom. The zero-order valence-corrected chi connectivity index (χ0v) is 15.0. The van der Waals surface area contributed by atoms with Crippen LogP contribution < -0.4 is 4.90 Å².